The zero-order valence-corrected chi connectivity index (χ0v) is 6.61. The van der Waals surface area contributed by atoms with E-state index in [1.807, 2.05) is 0 Å². The Kier molecular flexibility index (Phi) is 3.37. The molecule has 0 atom stereocenters. The maximum absolute atomic E-state index is 12.6. The van der Waals surface area contributed by atoms with Crippen molar-refractivity contribution < 1.29 is 9.18 Å². The van der Waals surface area contributed by atoms with Gasteiger partial charge in [-0.2, -0.15) is 14.5 Å². The van der Waals surface area contributed by atoms with Crippen molar-refractivity contribution in [3.8, 4) is 0 Å². The molecule has 1 heterocycles. The Balaban J connectivity index is 2.24. The van der Waals surface area contributed by atoms with E-state index in [1.165, 1.54) is 11.0 Å². The lowest BCUT2D eigenvalue weighted by molar-refractivity contribution is -0.107. The van der Waals surface area contributed by atoms with Crippen molar-refractivity contribution in [1.29, 1.82) is 0 Å². The fourth-order valence-corrected chi connectivity index (χ4v) is 0.889. The van der Waals surface area contributed by atoms with Crippen LogP contribution in [-0.4, -0.2) is 21.1 Å². The second-order valence-electron chi connectivity index (χ2n) is 2.41. The number of carbonyl (C=O) groups excluding carboxylic acids is 1. The van der Waals surface area contributed by atoms with E-state index in [-0.39, 0.29) is 0 Å². The third-order valence-electron chi connectivity index (χ3n) is 1.51. The smallest absolute Gasteiger partial charge is 0.303 e. The minimum atomic E-state index is -0.568. The maximum Gasteiger partial charge on any atom is 0.307 e. The second kappa shape index (κ2) is 4.58. The summed E-state index contributed by atoms with van der Waals surface area (Å²) in [4.78, 5) is 13.3. The highest BCUT2D eigenvalue weighted by atomic mass is 19.1. The van der Waals surface area contributed by atoms with Gasteiger partial charge in [-0.3, -0.25) is 0 Å². The van der Waals surface area contributed by atoms with Crippen LogP contribution in [0.15, 0.2) is 6.33 Å². The summed E-state index contributed by atoms with van der Waals surface area (Å²) in [5.74, 6) is 0. The number of nitrogens with zero attached hydrogens (tertiary/aromatic N) is 3. The van der Waals surface area contributed by atoms with E-state index < -0.39 is 6.08 Å². The van der Waals surface area contributed by atoms with E-state index in [2.05, 4.69) is 10.1 Å². The lowest BCUT2D eigenvalue weighted by Gasteiger charge is -1.97. The molecule has 0 amide bonds. The number of hydrogen-bond donors (Lipinski definition) is 0. The number of unbranched alkanes of at least 4 members (excludes halogenated alkanes) is 2. The van der Waals surface area contributed by atoms with Crippen LogP contribution in [0.4, 0.5) is 4.39 Å². The Labute approximate surface area is 69.4 Å². The Morgan fingerprint density at radius 3 is 3.00 bits per heavy atom. The van der Waals surface area contributed by atoms with Crippen molar-refractivity contribution in [1.82, 2.24) is 14.8 Å². The van der Waals surface area contributed by atoms with Crippen molar-refractivity contribution in [3.63, 3.8) is 0 Å². The monoisotopic (exact) mass is 171 g/mol. The minimum Gasteiger partial charge on any atom is -0.303 e. The van der Waals surface area contributed by atoms with Gasteiger partial charge in [0.2, 0.25) is 0 Å². The zero-order chi connectivity index (χ0) is 8.81. The van der Waals surface area contributed by atoms with E-state index in [0.29, 0.717) is 13.0 Å². The van der Waals surface area contributed by atoms with E-state index >= 15 is 0 Å². The molecular formula is C7H10FN3O. The fourth-order valence-electron chi connectivity index (χ4n) is 0.889. The summed E-state index contributed by atoms with van der Waals surface area (Å²) in [6.07, 6.45) is 3.51. The zero-order valence-electron chi connectivity index (χ0n) is 6.61. The number of halogens is 1. The fraction of sp³-hybridized carbons (Fsp3) is 0.571. The van der Waals surface area contributed by atoms with Gasteiger partial charge in [-0.1, -0.05) is 0 Å². The van der Waals surface area contributed by atoms with E-state index in [0.717, 1.165) is 19.1 Å². The molecule has 0 N–H and O–H groups in total. The first-order valence-electron chi connectivity index (χ1n) is 3.81. The molecule has 0 aromatic carbocycles. The molecule has 0 saturated heterocycles. The van der Waals surface area contributed by atoms with Crippen LogP contribution in [0.3, 0.4) is 0 Å². The molecule has 12 heavy (non-hydrogen) atoms. The van der Waals surface area contributed by atoms with Gasteiger partial charge in [0, 0.05) is 13.0 Å². The highest BCUT2D eigenvalue weighted by Crippen LogP contribution is 1.97. The highest BCUT2D eigenvalue weighted by Gasteiger charge is 2.00. The Morgan fingerprint density at radius 2 is 2.42 bits per heavy atom. The van der Waals surface area contributed by atoms with E-state index in [9.17, 15) is 9.18 Å². The van der Waals surface area contributed by atoms with Gasteiger partial charge in [-0.25, -0.2) is 4.68 Å². The van der Waals surface area contributed by atoms with Crippen LogP contribution in [-0.2, 0) is 11.3 Å². The molecule has 5 heteroatoms. The molecule has 1 aromatic heterocycles. The molecule has 4 nitrogen and oxygen atoms in total. The second-order valence-corrected chi connectivity index (χ2v) is 2.41. The maximum atomic E-state index is 12.6. The van der Waals surface area contributed by atoms with Gasteiger partial charge in [0.05, 0.1) is 0 Å². The van der Waals surface area contributed by atoms with Crippen LogP contribution in [0.2, 0.25) is 0 Å². The van der Waals surface area contributed by atoms with Gasteiger partial charge in [0.25, 0.3) is 0 Å². The normalized spacial score (nSPS) is 10.1. The van der Waals surface area contributed by atoms with Crippen LogP contribution in [0.25, 0.3) is 0 Å². The molecule has 0 aliphatic heterocycles. The van der Waals surface area contributed by atoms with Gasteiger partial charge in [-0.05, 0) is 12.8 Å². The molecule has 0 unspecified atom stereocenters. The van der Waals surface area contributed by atoms with E-state index in [4.69, 9.17) is 0 Å². The van der Waals surface area contributed by atoms with Crippen molar-refractivity contribution in [2.45, 2.75) is 25.8 Å². The lowest BCUT2D eigenvalue weighted by Crippen LogP contribution is -2.03. The van der Waals surface area contributed by atoms with Crippen molar-refractivity contribution in [2.24, 2.45) is 0 Å². The molecule has 66 valence electrons. The number of carbonyl (C=O) groups is 1. The van der Waals surface area contributed by atoms with Gasteiger partial charge in [-0.15, -0.1) is 0 Å². The Morgan fingerprint density at radius 1 is 1.58 bits per heavy atom. The molecule has 0 aliphatic rings. The molecule has 0 fully saturated rings. The number of aldehydes is 1. The van der Waals surface area contributed by atoms with Crippen LogP contribution in [0, 0.1) is 6.08 Å². The third kappa shape index (κ3) is 2.41. The standard InChI is InChI=1S/C7H10FN3O/c8-7-9-6-10-11(7)4-2-1-3-5-12/h5-6H,1-4H2. The Hall–Kier alpha value is -1.26. The predicted molar refractivity (Wildman–Crippen MR) is 39.9 cm³/mol. The summed E-state index contributed by atoms with van der Waals surface area (Å²) in [5, 5.41) is 3.66. The number of aromatic nitrogens is 3. The SMILES string of the molecule is O=CCCCCn1ncnc1F. The highest BCUT2D eigenvalue weighted by molar-refractivity contribution is 5.48. The van der Waals surface area contributed by atoms with Gasteiger partial charge in [0.1, 0.15) is 12.6 Å². The van der Waals surface area contributed by atoms with Gasteiger partial charge < -0.3 is 4.79 Å². The molecule has 0 radical (unpaired) electrons. The van der Waals surface area contributed by atoms with Crippen LogP contribution in [0.5, 0.6) is 0 Å². The summed E-state index contributed by atoms with van der Waals surface area (Å²) in [5.41, 5.74) is 0. The van der Waals surface area contributed by atoms with E-state index in [1.54, 1.807) is 0 Å². The molecular weight excluding hydrogens is 161 g/mol. The first kappa shape index (κ1) is 8.83. The van der Waals surface area contributed by atoms with Gasteiger partial charge in [0.15, 0.2) is 0 Å². The summed E-state index contributed by atoms with van der Waals surface area (Å²) in [6, 6.07) is 0. The molecule has 1 rings (SSSR count). The summed E-state index contributed by atoms with van der Waals surface area (Å²) < 4.78 is 13.8. The summed E-state index contributed by atoms with van der Waals surface area (Å²) in [7, 11) is 0. The predicted octanol–water partition coefficient (Wildman–Crippen LogP) is 0.786. The average molecular weight is 171 g/mol. The number of aryl methyl sites for hydroxylation is 1. The molecule has 0 saturated carbocycles. The summed E-state index contributed by atoms with van der Waals surface area (Å²) in [6.45, 7) is 0.486. The molecule has 0 spiro atoms. The first-order valence-corrected chi connectivity index (χ1v) is 3.81. The topological polar surface area (TPSA) is 47.8 Å². The largest absolute Gasteiger partial charge is 0.307 e. The number of hydrogen-bond acceptors (Lipinski definition) is 3. The van der Waals surface area contributed by atoms with Crippen molar-refractivity contribution in [2.75, 3.05) is 0 Å². The van der Waals surface area contributed by atoms with Crippen molar-refractivity contribution in [3.05, 3.63) is 12.4 Å². The van der Waals surface area contributed by atoms with Crippen LogP contribution < -0.4 is 0 Å². The minimum absolute atomic E-state index is 0.486. The van der Waals surface area contributed by atoms with Gasteiger partial charge >= 0.3 is 6.08 Å². The first-order chi connectivity index (χ1) is 5.84. The quantitative estimate of drug-likeness (QED) is 0.486. The average Bonchev–Trinajstić information content (AvgIpc) is 2.46. The molecule has 1 aromatic rings. The van der Waals surface area contributed by atoms with Crippen molar-refractivity contribution >= 4 is 6.29 Å². The number of rotatable bonds is 5. The van der Waals surface area contributed by atoms with Crippen LogP contribution >= 0.6 is 0 Å². The third-order valence-corrected chi connectivity index (χ3v) is 1.51. The van der Waals surface area contributed by atoms with Crippen LogP contribution in [0.1, 0.15) is 19.3 Å². The summed E-state index contributed by atoms with van der Waals surface area (Å²) >= 11 is 0. The molecule has 0 aliphatic carbocycles. The Bertz CT molecular complexity index is 249. The molecule has 0 bridgehead atoms. The lowest BCUT2D eigenvalue weighted by atomic mass is 10.2.